The summed E-state index contributed by atoms with van der Waals surface area (Å²) in [6.45, 7) is 4.77. The molecule has 1 N–H and O–H groups in total. The van der Waals surface area contributed by atoms with E-state index in [1.54, 1.807) is 11.8 Å². The SMILES string of the molecule is CCNC(C)(C#N)CSc1ccccc1. The minimum absolute atomic E-state index is 0.435. The van der Waals surface area contributed by atoms with E-state index >= 15 is 0 Å². The molecule has 0 aliphatic rings. The van der Waals surface area contributed by atoms with Gasteiger partial charge < -0.3 is 0 Å². The Morgan fingerprint density at radius 3 is 2.60 bits per heavy atom. The van der Waals surface area contributed by atoms with E-state index in [4.69, 9.17) is 5.26 Å². The molecule has 80 valence electrons. The second-order valence-corrected chi connectivity index (χ2v) is 4.62. The molecule has 1 unspecified atom stereocenters. The Morgan fingerprint density at radius 2 is 2.07 bits per heavy atom. The lowest BCUT2D eigenvalue weighted by atomic mass is 10.1. The summed E-state index contributed by atoms with van der Waals surface area (Å²) in [5.74, 6) is 0.765. The Bertz CT molecular complexity index is 331. The predicted molar refractivity (Wildman–Crippen MR) is 64.9 cm³/mol. The van der Waals surface area contributed by atoms with Crippen molar-refractivity contribution in [1.82, 2.24) is 5.32 Å². The molecule has 0 bridgehead atoms. The number of benzene rings is 1. The largest absolute Gasteiger partial charge is 0.299 e. The smallest absolute Gasteiger partial charge is 0.113 e. The third-order valence-electron chi connectivity index (χ3n) is 2.08. The minimum atomic E-state index is -0.435. The molecule has 0 aliphatic carbocycles. The van der Waals surface area contributed by atoms with Gasteiger partial charge in [0.2, 0.25) is 0 Å². The zero-order chi connectivity index (χ0) is 11.1. The van der Waals surface area contributed by atoms with Crippen molar-refractivity contribution in [2.45, 2.75) is 24.3 Å². The van der Waals surface area contributed by atoms with E-state index in [9.17, 15) is 0 Å². The van der Waals surface area contributed by atoms with Gasteiger partial charge in [-0.3, -0.25) is 5.32 Å². The van der Waals surface area contributed by atoms with E-state index in [1.807, 2.05) is 32.0 Å². The molecular weight excluding hydrogens is 204 g/mol. The minimum Gasteiger partial charge on any atom is -0.299 e. The highest BCUT2D eigenvalue weighted by Gasteiger charge is 2.22. The van der Waals surface area contributed by atoms with E-state index in [0.717, 1.165) is 12.3 Å². The van der Waals surface area contributed by atoms with E-state index in [-0.39, 0.29) is 0 Å². The zero-order valence-electron chi connectivity index (χ0n) is 9.16. The number of rotatable bonds is 5. The Balaban J connectivity index is 2.52. The fourth-order valence-electron chi connectivity index (χ4n) is 1.26. The maximum absolute atomic E-state index is 9.07. The topological polar surface area (TPSA) is 35.8 Å². The number of hydrogen-bond acceptors (Lipinski definition) is 3. The fourth-order valence-corrected chi connectivity index (χ4v) is 2.23. The summed E-state index contributed by atoms with van der Waals surface area (Å²) in [7, 11) is 0. The molecule has 0 fully saturated rings. The van der Waals surface area contributed by atoms with Gasteiger partial charge in [-0.2, -0.15) is 5.26 Å². The van der Waals surface area contributed by atoms with Gasteiger partial charge in [0.15, 0.2) is 0 Å². The van der Waals surface area contributed by atoms with Gasteiger partial charge in [-0.15, -0.1) is 11.8 Å². The van der Waals surface area contributed by atoms with Crippen LogP contribution in [0.3, 0.4) is 0 Å². The molecule has 1 rings (SSSR count). The second kappa shape index (κ2) is 5.79. The third-order valence-corrected chi connectivity index (χ3v) is 3.41. The molecule has 0 aliphatic heterocycles. The Morgan fingerprint density at radius 1 is 1.40 bits per heavy atom. The van der Waals surface area contributed by atoms with Crippen LogP contribution in [0.4, 0.5) is 0 Å². The predicted octanol–water partition coefficient (Wildman–Crippen LogP) is 2.67. The fraction of sp³-hybridized carbons (Fsp3) is 0.417. The number of nitriles is 1. The van der Waals surface area contributed by atoms with Gasteiger partial charge in [-0.05, 0) is 25.6 Å². The number of hydrogen-bond donors (Lipinski definition) is 1. The molecule has 1 atom stereocenters. The standard InChI is InChI=1S/C12H16N2S/c1-3-14-12(2,9-13)10-15-11-7-5-4-6-8-11/h4-8,14H,3,10H2,1-2H3. The first-order valence-electron chi connectivity index (χ1n) is 5.04. The zero-order valence-corrected chi connectivity index (χ0v) is 9.97. The summed E-state index contributed by atoms with van der Waals surface area (Å²) in [4.78, 5) is 1.21. The van der Waals surface area contributed by atoms with Gasteiger partial charge in [-0.1, -0.05) is 25.1 Å². The molecule has 0 amide bonds. The van der Waals surface area contributed by atoms with Gasteiger partial charge >= 0.3 is 0 Å². The monoisotopic (exact) mass is 220 g/mol. The van der Waals surface area contributed by atoms with Crippen LogP contribution in [-0.4, -0.2) is 17.8 Å². The average molecular weight is 220 g/mol. The lowest BCUT2D eigenvalue weighted by molar-refractivity contribution is 0.511. The van der Waals surface area contributed by atoms with E-state index in [1.165, 1.54) is 4.90 Å². The van der Waals surface area contributed by atoms with Crippen molar-refractivity contribution in [2.75, 3.05) is 12.3 Å². The summed E-state index contributed by atoms with van der Waals surface area (Å²) < 4.78 is 0. The molecule has 1 aromatic rings. The first-order chi connectivity index (χ1) is 7.20. The maximum atomic E-state index is 9.07. The van der Waals surface area contributed by atoms with E-state index in [0.29, 0.717) is 0 Å². The molecule has 3 heteroatoms. The summed E-state index contributed by atoms with van der Waals surface area (Å²) in [6, 6.07) is 12.5. The molecule has 1 aromatic carbocycles. The van der Waals surface area contributed by atoms with Crippen molar-refractivity contribution in [2.24, 2.45) is 0 Å². The summed E-state index contributed by atoms with van der Waals surface area (Å²) in [6.07, 6.45) is 0. The number of thioether (sulfide) groups is 1. The summed E-state index contributed by atoms with van der Waals surface area (Å²) >= 11 is 1.71. The summed E-state index contributed by atoms with van der Waals surface area (Å²) in [5, 5.41) is 12.3. The lowest BCUT2D eigenvalue weighted by Gasteiger charge is -2.21. The van der Waals surface area contributed by atoms with Crippen molar-refractivity contribution >= 4 is 11.8 Å². The molecule has 0 radical (unpaired) electrons. The third kappa shape index (κ3) is 3.94. The average Bonchev–Trinajstić information content (AvgIpc) is 2.28. The van der Waals surface area contributed by atoms with Crippen LogP contribution < -0.4 is 5.32 Å². The normalized spacial score (nSPS) is 14.2. The molecule has 0 saturated heterocycles. The molecule has 0 aromatic heterocycles. The van der Waals surface area contributed by atoms with Crippen LogP contribution in [-0.2, 0) is 0 Å². The highest BCUT2D eigenvalue weighted by atomic mass is 32.2. The lowest BCUT2D eigenvalue weighted by Crippen LogP contribution is -2.43. The second-order valence-electron chi connectivity index (χ2n) is 3.58. The first kappa shape index (κ1) is 12.1. The quantitative estimate of drug-likeness (QED) is 0.775. The van der Waals surface area contributed by atoms with Gasteiger partial charge in [0, 0.05) is 10.6 Å². The van der Waals surface area contributed by atoms with Crippen LogP contribution in [0.15, 0.2) is 35.2 Å². The molecule has 15 heavy (non-hydrogen) atoms. The van der Waals surface area contributed by atoms with Gasteiger partial charge in [0.1, 0.15) is 5.54 Å². The van der Waals surface area contributed by atoms with Crippen LogP contribution in [0.1, 0.15) is 13.8 Å². The number of nitrogens with one attached hydrogen (secondary N) is 1. The Kier molecular flexibility index (Phi) is 4.67. The Labute approximate surface area is 95.7 Å². The van der Waals surface area contributed by atoms with Crippen LogP contribution in [0, 0.1) is 11.3 Å². The molecule has 2 nitrogen and oxygen atoms in total. The molecule has 0 spiro atoms. The van der Waals surface area contributed by atoms with Crippen molar-refractivity contribution in [3.05, 3.63) is 30.3 Å². The maximum Gasteiger partial charge on any atom is 0.113 e. The highest BCUT2D eigenvalue weighted by molar-refractivity contribution is 7.99. The van der Waals surface area contributed by atoms with Crippen molar-refractivity contribution in [3.8, 4) is 6.07 Å². The van der Waals surface area contributed by atoms with Crippen LogP contribution in [0.25, 0.3) is 0 Å². The van der Waals surface area contributed by atoms with E-state index in [2.05, 4.69) is 23.5 Å². The van der Waals surface area contributed by atoms with Crippen molar-refractivity contribution in [3.63, 3.8) is 0 Å². The highest BCUT2D eigenvalue weighted by Crippen LogP contribution is 2.21. The van der Waals surface area contributed by atoms with Gasteiger partial charge in [0.25, 0.3) is 0 Å². The first-order valence-corrected chi connectivity index (χ1v) is 6.03. The summed E-state index contributed by atoms with van der Waals surface area (Å²) in [5.41, 5.74) is -0.435. The van der Waals surface area contributed by atoms with Crippen molar-refractivity contribution < 1.29 is 0 Å². The van der Waals surface area contributed by atoms with Crippen LogP contribution in [0.2, 0.25) is 0 Å². The Hall–Kier alpha value is -0.980. The van der Waals surface area contributed by atoms with Crippen molar-refractivity contribution in [1.29, 1.82) is 5.26 Å². The van der Waals surface area contributed by atoms with E-state index < -0.39 is 5.54 Å². The van der Waals surface area contributed by atoms with Gasteiger partial charge in [0.05, 0.1) is 6.07 Å². The molecular formula is C12H16N2S. The van der Waals surface area contributed by atoms with Gasteiger partial charge in [-0.25, -0.2) is 0 Å². The van der Waals surface area contributed by atoms with Crippen LogP contribution >= 0.6 is 11.8 Å². The number of nitrogens with zero attached hydrogens (tertiary/aromatic N) is 1. The molecule has 0 saturated carbocycles. The van der Waals surface area contributed by atoms with Crippen LogP contribution in [0.5, 0.6) is 0 Å². The molecule has 0 heterocycles.